The summed E-state index contributed by atoms with van der Waals surface area (Å²) >= 11 is 0. The van der Waals surface area contributed by atoms with Crippen molar-refractivity contribution in [2.24, 2.45) is 0 Å². The van der Waals surface area contributed by atoms with Gasteiger partial charge in [0, 0.05) is 44.7 Å². The highest BCUT2D eigenvalue weighted by Crippen LogP contribution is 2.53. The lowest BCUT2D eigenvalue weighted by molar-refractivity contribution is 0.660. The zero-order valence-corrected chi connectivity index (χ0v) is 29.6. The predicted molar refractivity (Wildman–Crippen MR) is 212 cm³/mol. The molecule has 0 fully saturated rings. The zero-order chi connectivity index (χ0) is 35.2. The minimum Gasteiger partial charge on any atom is -0.256 e. The van der Waals surface area contributed by atoms with Crippen molar-refractivity contribution >= 4 is 10.8 Å². The van der Waals surface area contributed by atoms with Gasteiger partial charge in [-0.1, -0.05) is 161 Å². The standard InChI is InChI=1S/C48H36N4/c1-47(2)39-21-9-7-15-33(39)35-17-11-19-37(42(35)47)45-50-44(30-25-23-29(24-26-30)41-27-31-13-5-6-14-32(31)28-49-41)51-46(52-45)38-20-12-18-36-34-16-8-10-22-40(34)48(3,4)43(36)38/h5-28H,1-4H3. The van der Waals surface area contributed by atoms with Crippen molar-refractivity contribution in [2.45, 2.75) is 38.5 Å². The Balaban J connectivity index is 1.17. The third-order valence-electron chi connectivity index (χ3n) is 11.3. The Morgan fingerprint density at radius 1 is 0.385 bits per heavy atom. The minimum atomic E-state index is -0.221. The molecule has 0 spiro atoms. The highest BCUT2D eigenvalue weighted by molar-refractivity contribution is 5.90. The Morgan fingerprint density at radius 2 is 0.827 bits per heavy atom. The maximum Gasteiger partial charge on any atom is 0.164 e. The molecule has 2 heterocycles. The summed E-state index contributed by atoms with van der Waals surface area (Å²) in [6.07, 6.45) is 1.94. The predicted octanol–water partition coefficient (Wildman–Crippen LogP) is 11.7. The largest absolute Gasteiger partial charge is 0.256 e. The van der Waals surface area contributed by atoms with Gasteiger partial charge in [-0.2, -0.15) is 0 Å². The number of fused-ring (bicyclic) bond motifs is 7. The van der Waals surface area contributed by atoms with Gasteiger partial charge in [0.15, 0.2) is 17.5 Å². The third kappa shape index (κ3) is 4.47. The van der Waals surface area contributed by atoms with E-state index in [1.54, 1.807) is 0 Å². The topological polar surface area (TPSA) is 51.6 Å². The number of aromatic nitrogens is 4. The van der Waals surface area contributed by atoms with E-state index in [9.17, 15) is 0 Å². The Hall–Kier alpha value is -6.26. The van der Waals surface area contributed by atoms with Crippen molar-refractivity contribution in [3.8, 4) is 67.7 Å². The van der Waals surface area contributed by atoms with Crippen molar-refractivity contribution in [1.29, 1.82) is 0 Å². The molecule has 2 aliphatic rings. The number of benzene rings is 6. The van der Waals surface area contributed by atoms with E-state index in [-0.39, 0.29) is 10.8 Å². The first kappa shape index (κ1) is 30.6. The molecule has 0 atom stereocenters. The van der Waals surface area contributed by atoms with Gasteiger partial charge >= 0.3 is 0 Å². The van der Waals surface area contributed by atoms with Gasteiger partial charge < -0.3 is 0 Å². The van der Waals surface area contributed by atoms with Gasteiger partial charge in [-0.25, -0.2) is 15.0 Å². The molecule has 0 bridgehead atoms. The molecule has 6 aromatic carbocycles. The van der Waals surface area contributed by atoms with Crippen molar-refractivity contribution < 1.29 is 0 Å². The van der Waals surface area contributed by atoms with E-state index in [4.69, 9.17) is 19.9 Å². The lowest BCUT2D eigenvalue weighted by Gasteiger charge is -2.25. The number of nitrogens with zero attached hydrogens (tertiary/aromatic N) is 4. The molecule has 4 nitrogen and oxygen atoms in total. The summed E-state index contributed by atoms with van der Waals surface area (Å²) in [6, 6.07) is 49.5. The zero-order valence-electron chi connectivity index (χ0n) is 29.6. The van der Waals surface area contributed by atoms with E-state index in [0.717, 1.165) is 33.3 Å². The Labute approximate surface area is 304 Å². The average Bonchev–Trinajstić information content (AvgIpc) is 3.57. The molecule has 0 N–H and O–H groups in total. The van der Waals surface area contributed by atoms with E-state index < -0.39 is 0 Å². The Bertz CT molecular complexity index is 2610. The molecule has 10 rings (SSSR count). The summed E-state index contributed by atoms with van der Waals surface area (Å²) in [6.45, 7) is 9.25. The molecule has 0 saturated heterocycles. The Morgan fingerprint density at radius 3 is 1.40 bits per heavy atom. The number of hydrogen-bond donors (Lipinski definition) is 0. The van der Waals surface area contributed by atoms with Crippen LogP contribution in [0.4, 0.5) is 0 Å². The van der Waals surface area contributed by atoms with Crippen LogP contribution in [0.1, 0.15) is 49.9 Å². The normalized spacial score (nSPS) is 14.5. The van der Waals surface area contributed by atoms with Gasteiger partial charge in [0.25, 0.3) is 0 Å². The molecule has 2 aliphatic carbocycles. The fourth-order valence-corrected chi connectivity index (χ4v) is 8.85. The quantitative estimate of drug-likeness (QED) is 0.187. The second kappa shape index (κ2) is 11.1. The highest BCUT2D eigenvalue weighted by atomic mass is 15.0. The molecule has 0 amide bonds. The summed E-state index contributed by atoms with van der Waals surface area (Å²) in [5.74, 6) is 2.02. The number of pyridine rings is 1. The summed E-state index contributed by atoms with van der Waals surface area (Å²) in [5, 5.41) is 2.30. The molecule has 0 aliphatic heterocycles. The molecule has 4 heteroatoms. The van der Waals surface area contributed by atoms with E-state index >= 15 is 0 Å². The van der Waals surface area contributed by atoms with Crippen LogP contribution in [0.5, 0.6) is 0 Å². The first-order chi connectivity index (χ1) is 25.3. The lowest BCUT2D eigenvalue weighted by Crippen LogP contribution is -2.18. The van der Waals surface area contributed by atoms with Crippen molar-refractivity contribution in [3.63, 3.8) is 0 Å². The van der Waals surface area contributed by atoms with Crippen LogP contribution in [0, 0.1) is 0 Å². The van der Waals surface area contributed by atoms with Crippen LogP contribution >= 0.6 is 0 Å². The summed E-state index contributed by atoms with van der Waals surface area (Å²) < 4.78 is 0. The second-order valence-electron chi connectivity index (χ2n) is 15.1. The number of hydrogen-bond acceptors (Lipinski definition) is 4. The van der Waals surface area contributed by atoms with Crippen molar-refractivity contribution in [1.82, 2.24) is 19.9 Å². The lowest BCUT2D eigenvalue weighted by atomic mass is 9.79. The summed E-state index contributed by atoms with van der Waals surface area (Å²) in [4.78, 5) is 20.7. The molecule has 52 heavy (non-hydrogen) atoms. The van der Waals surface area contributed by atoms with Gasteiger partial charge in [-0.15, -0.1) is 0 Å². The molecular weight excluding hydrogens is 633 g/mol. The SMILES string of the molecule is CC1(C)c2ccccc2-c2cccc(-c3nc(-c4ccc(-c5cc6ccccc6cn5)cc4)nc(-c4cccc5c4C(C)(C)c4ccccc4-5)n3)c21. The van der Waals surface area contributed by atoms with Gasteiger partial charge in [0.1, 0.15) is 0 Å². The highest BCUT2D eigenvalue weighted by Gasteiger charge is 2.40. The fraction of sp³-hybridized carbons (Fsp3) is 0.125. The molecule has 8 aromatic rings. The van der Waals surface area contributed by atoms with Gasteiger partial charge in [-0.05, 0) is 56.0 Å². The molecule has 2 aromatic heterocycles. The van der Waals surface area contributed by atoms with Crippen LogP contribution in [0.2, 0.25) is 0 Å². The van der Waals surface area contributed by atoms with Crippen molar-refractivity contribution in [2.75, 3.05) is 0 Å². The molecular formula is C48H36N4. The van der Waals surface area contributed by atoms with Crippen LogP contribution in [-0.2, 0) is 10.8 Å². The molecule has 248 valence electrons. The van der Waals surface area contributed by atoms with Gasteiger partial charge in [0.2, 0.25) is 0 Å². The van der Waals surface area contributed by atoms with Gasteiger partial charge in [-0.3, -0.25) is 4.98 Å². The average molecular weight is 669 g/mol. The molecule has 0 saturated carbocycles. The fourth-order valence-electron chi connectivity index (χ4n) is 8.85. The minimum absolute atomic E-state index is 0.221. The summed E-state index contributed by atoms with van der Waals surface area (Å²) in [5.41, 5.74) is 14.7. The smallest absolute Gasteiger partial charge is 0.164 e. The summed E-state index contributed by atoms with van der Waals surface area (Å²) in [7, 11) is 0. The first-order valence-corrected chi connectivity index (χ1v) is 18.0. The van der Waals surface area contributed by atoms with Crippen LogP contribution in [0.3, 0.4) is 0 Å². The first-order valence-electron chi connectivity index (χ1n) is 18.0. The van der Waals surface area contributed by atoms with E-state index in [0.29, 0.717) is 17.5 Å². The maximum atomic E-state index is 5.37. The molecule has 0 unspecified atom stereocenters. The second-order valence-corrected chi connectivity index (χ2v) is 15.1. The monoisotopic (exact) mass is 668 g/mol. The van der Waals surface area contributed by atoms with Gasteiger partial charge in [0.05, 0.1) is 5.69 Å². The molecule has 0 radical (unpaired) electrons. The van der Waals surface area contributed by atoms with E-state index in [1.807, 2.05) is 12.3 Å². The van der Waals surface area contributed by atoms with Crippen molar-refractivity contribution in [3.05, 3.63) is 168 Å². The van der Waals surface area contributed by atoms with E-state index in [1.165, 1.54) is 49.9 Å². The number of rotatable bonds is 4. The van der Waals surface area contributed by atoms with Crippen LogP contribution in [0.25, 0.3) is 78.4 Å². The van der Waals surface area contributed by atoms with E-state index in [2.05, 4.69) is 161 Å². The third-order valence-corrected chi connectivity index (χ3v) is 11.3. The Kier molecular flexibility index (Phi) is 6.53. The van der Waals surface area contributed by atoms with Crippen LogP contribution in [-0.4, -0.2) is 19.9 Å². The maximum absolute atomic E-state index is 5.37. The van der Waals surface area contributed by atoms with Crippen LogP contribution < -0.4 is 0 Å². The van der Waals surface area contributed by atoms with Crippen LogP contribution in [0.15, 0.2) is 146 Å².